The van der Waals surface area contributed by atoms with E-state index in [0.717, 1.165) is 36.8 Å². The predicted octanol–water partition coefficient (Wildman–Crippen LogP) is 6.67. The molecule has 0 fully saturated rings. The molecule has 1 aromatic carbocycles. The average Bonchev–Trinajstić information content (AvgIpc) is 2.67. The third-order valence-corrected chi connectivity index (χ3v) is 6.06. The Morgan fingerprint density at radius 3 is 1.52 bits per heavy atom. The lowest BCUT2D eigenvalue weighted by Crippen LogP contribution is -2.05. The lowest BCUT2D eigenvalue weighted by molar-refractivity contribution is -0.130. The summed E-state index contributed by atoms with van der Waals surface area (Å²) in [7, 11) is -4.07. The van der Waals surface area contributed by atoms with E-state index in [1.54, 1.807) is 12.1 Å². The number of benzene rings is 1. The van der Waals surface area contributed by atoms with Crippen molar-refractivity contribution in [3.63, 3.8) is 0 Å². The van der Waals surface area contributed by atoms with Crippen LogP contribution in [0.2, 0.25) is 0 Å². The molecule has 0 bridgehead atoms. The number of rotatable bonds is 16. The minimum atomic E-state index is -4.07. The smallest absolute Gasteiger partial charge is 0.235 e. The molecule has 4 nitrogen and oxygen atoms in total. The van der Waals surface area contributed by atoms with E-state index in [2.05, 4.69) is 24.2 Å². The van der Waals surface area contributed by atoms with Crippen molar-refractivity contribution in [3.8, 4) is 0 Å². The summed E-state index contributed by atoms with van der Waals surface area (Å²) in [6.45, 7) is 4.42. The van der Waals surface area contributed by atoms with Gasteiger partial charge in [-0.1, -0.05) is 84.1 Å². The maximum atomic E-state index is 11.9. The zero-order chi connectivity index (χ0) is 20.0. The maximum absolute atomic E-state index is 11.9. The summed E-state index contributed by atoms with van der Waals surface area (Å²) in [6, 6.07) is 5.40. The van der Waals surface area contributed by atoms with Crippen LogP contribution in [0.15, 0.2) is 23.1 Å². The van der Waals surface area contributed by atoms with Crippen molar-refractivity contribution >= 4 is 10.1 Å². The Kier molecular flexibility index (Phi) is 12.6. The number of aryl methyl sites for hydroxylation is 2. The van der Waals surface area contributed by atoms with Gasteiger partial charge in [-0.25, -0.2) is 5.26 Å². The third-order valence-electron chi connectivity index (χ3n) is 5.05. The highest BCUT2D eigenvalue weighted by Crippen LogP contribution is 2.21. The molecule has 0 saturated carbocycles. The molecule has 0 aromatic heterocycles. The highest BCUT2D eigenvalue weighted by Gasteiger charge is 2.16. The maximum Gasteiger partial charge on any atom is 0.323 e. The van der Waals surface area contributed by atoms with Crippen molar-refractivity contribution in [2.75, 3.05) is 0 Å². The topological polar surface area (TPSA) is 63.6 Å². The van der Waals surface area contributed by atoms with Gasteiger partial charge >= 0.3 is 10.1 Å². The Morgan fingerprint density at radius 2 is 1.11 bits per heavy atom. The summed E-state index contributed by atoms with van der Waals surface area (Å²) in [5.74, 6) is 0. The zero-order valence-corrected chi connectivity index (χ0v) is 18.0. The van der Waals surface area contributed by atoms with E-state index in [1.165, 1.54) is 64.2 Å². The number of hydrogen-bond acceptors (Lipinski definition) is 4. The van der Waals surface area contributed by atoms with E-state index >= 15 is 0 Å². The number of hydrogen-bond donors (Lipinski definition) is 1. The van der Waals surface area contributed by atoms with Gasteiger partial charge in [-0.2, -0.15) is 8.42 Å². The van der Waals surface area contributed by atoms with E-state index in [0.29, 0.717) is 0 Å². The molecule has 0 radical (unpaired) electrons. The quantitative estimate of drug-likeness (QED) is 0.192. The molecule has 1 aromatic rings. The monoisotopic (exact) mass is 398 g/mol. The molecule has 27 heavy (non-hydrogen) atoms. The fourth-order valence-corrected chi connectivity index (χ4v) is 4.10. The first-order valence-corrected chi connectivity index (χ1v) is 12.1. The molecule has 0 aliphatic rings. The first-order valence-electron chi connectivity index (χ1n) is 10.7. The van der Waals surface area contributed by atoms with E-state index in [9.17, 15) is 8.42 Å². The normalized spacial score (nSPS) is 11.8. The molecule has 0 spiro atoms. The van der Waals surface area contributed by atoms with Crippen molar-refractivity contribution in [2.45, 2.75) is 109 Å². The van der Waals surface area contributed by atoms with Gasteiger partial charge in [0, 0.05) is 0 Å². The molecule has 0 unspecified atom stereocenters. The Labute approximate surface area is 166 Å². The van der Waals surface area contributed by atoms with Gasteiger partial charge in [0.25, 0.3) is 0 Å². The van der Waals surface area contributed by atoms with E-state index in [-0.39, 0.29) is 4.90 Å². The van der Waals surface area contributed by atoms with E-state index < -0.39 is 10.1 Å². The molecule has 0 saturated heterocycles. The van der Waals surface area contributed by atoms with Gasteiger partial charge in [-0.15, -0.1) is 4.33 Å². The second-order valence-corrected chi connectivity index (χ2v) is 9.08. The van der Waals surface area contributed by atoms with Crippen molar-refractivity contribution in [3.05, 3.63) is 29.3 Å². The summed E-state index contributed by atoms with van der Waals surface area (Å²) in [4.78, 5) is 0.0643. The summed E-state index contributed by atoms with van der Waals surface area (Å²) in [5.41, 5.74) is 2.04. The summed E-state index contributed by atoms with van der Waals surface area (Å²) < 4.78 is 27.6. The van der Waals surface area contributed by atoms with Crippen LogP contribution in [0.25, 0.3) is 0 Å². The van der Waals surface area contributed by atoms with Crippen molar-refractivity contribution in [2.24, 2.45) is 0 Å². The third kappa shape index (κ3) is 10.3. The highest BCUT2D eigenvalue weighted by atomic mass is 32.2. The van der Waals surface area contributed by atoms with Crippen LogP contribution in [-0.2, 0) is 27.3 Å². The van der Waals surface area contributed by atoms with Crippen LogP contribution >= 0.6 is 0 Å². The summed E-state index contributed by atoms with van der Waals surface area (Å²) >= 11 is 0. The van der Waals surface area contributed by atoms with Gasteiger partial charge in [0.2, 0.25) is 0 Å². The molecular formula is C22H38O4S. The van der Waals surface area contributed by atoms with Gasteiger partial charge in [-0.05, 0) is 48.9 Å². The highest BCUT2D eigenvalue weighted by molar-refractivity contribution is 7.86. The molecule has 5 heteroatoms. The molecule has 0 atom stereocenters. The summed E-state index contributed by atoms with van der Waals surface area (Å²) in [6.07, 6.45) is 16.2. The minimum Gasteiger partial charge on any atom is -0.235 e. The Balaban J connectivity index is 2.64. The van der Waals surface area contributed by atoms with Crippen LogP contribution in [-0.4, -0.2) is 13.7 Å². The van der Waals surface area contributed by atoms with Gasteiger partial charge in [-0.3, -0.25) is 0 Å². The van der Waals surface area contributed by atoms with Gasteiger partial charge in [0.1, 0.15) is 0 Å². The second-order valence-electron chi connectivity index (χ2n) is 7.55. The van der Waals surface area contributed by atoms with Crippen LogP contribution in [0.1, 0.15) is 102 Å². The van der Waals surface area contributed by atoms with Gasteiger partial charge < -0.3 is 0 Å². The average molecular weight is 399 g/mol. The standard InChI is InChI=1S/C22H38O4S/c1-3-5-7-9-11-13-15-20-17-21(16-14-12-10-8-6-4-2)19-22(18-20)27(24,25)26-23/h17-19,23H,3-16H2,1-2H3. The molecular weight excluding hydrogens is 360 g/mol. The molecule has 0 aliphatic carbocycles. The Hall–Kier alpha value is -0.910. The first kappa shape index (κ1) is 24.1. The minimum absolute atomic E-state index is 0.0643. The van der Waals surface area contributed by atoms with E-state index in [1.807, 2.05) is 0 Å². The molecule has 0 amide bonds. The molecule has 1 N–H and O–H groups in total. The number of unbranched alkanes of at least 4 members (excludes halogenated alkanes) is 10. The lowest BCUT2D eigenvalue weighted by Gasteiger charge is -2.10. The predicted molar refractivity (Wildman–Crippen MR) is 112 cm³/mol. The van der Waals surface area contributed by atoms with Crippen molar-refractivity contribution < 1.29 is 18.0 Å². The molecule has 1 rings (SSSR count). The van der Waals surface area contributed by atoms with Crippen molar-refractivity contribution in [1.29, 1.82) is 0 Å². The van der Waals surface area contributed by atoms with Crippen LogP contribution in [0.5, 0.6) is 0 Å². The molecule has 156 valence electrons. The van der Waals surface area contributed by atoms with Crippen LogP contribution in [0.3, 0.4) is 0 Å². The van der Waals surface area contributed by atoms with Crippen LogP contribution in [0.4, 0.5) is 0 Å². The Morgan fingerprint density at radius 1 is 0.704 bits per heavy atom. The van der Waals surface area contributed by atoms with E-state index in [4.69, 9.17) is 5.26 Å². The Bertz CT molecular complexity index is 576. The fourth-order valence-electron chi connectivity index (χ4n) is 3.42. The van der Waals surface area contributed by atoms with Crippen molar-refractivity contribution in [1.82, 2.24) is 0 Å². The lowest BCUT2D eigenvalue weighted by atomic mass is 10.00. The molecule has 0 aliphatic heterocycles. The molecule has 0 heterocycles. The fraction of sp³-hybridized carbons (Fsp3) is 0.727. The second kappa shape index (κ2) is 14.1. The largest absolute Gasteiger partial charge is 0.323 e. The van der Waals surface area contributed by atoms with Crippen LogP contribution in [0, 0.1) is 0 Å². The van der Waals surface area contributed by atoms with Gasteiger partial charge in [0.05, 0.1) is 4.90 Å². The first-order chi connectivity index (χ1) is 13.0. The SMILES string of the molecule is CCCCCCCCc1cc(CCCCCCCC)cc(S(=O)(=O)OO)c1. The van der Waals surface area contributed by atoms with Gasteiger partial charge in [0.15, 0.2) is 0 Å². The van der Waals surface area contributed by atoms with Crippen LogP contribution < -0.4 is 0 Å². The zero-order valence-electron chi connectivity index (χ0n) is 17.2. The summed E-state index contributed by atoms with van der Waals surface area (Å²) in [5, 5.41) is 8.73.